The summed E-state index contributed by atoms with van der Waals surface area (Å²) in [7, 11) is 0. The van der Waals surface area contributed by atoms with Gasteiger partial charge in [-0.1, -0.05) is 6.07 Å². The first-order valence-electron chi connectivity index (χ1n) is 8.05. The van der Waals surface area contributed by atoms with E-state index in [1.807, 2.05) is 12.1 Å². The van der Waals surface area contributed by atoms with Gasteiger partial charge in [0.05, 0.1) is 24.4 Å². The molecule has 2 fully saturated rings. The molecule has 2 atom stereocenters. The molecule has 0 saturated carbocycles. The van der Waals surface area contributed by atoms with E-state index in [9.17, 15) is 0 Å². The van der Waals surface area contributed by atoms with Gasteiger partial charge in [-0.3, -0.25) is 4.98 Å². The summed E-state index contributed by atoms with van der Waals surface area (Å²) in [5.41, 5.74) is 0.283. The summed E-state index contributed by atoms with van der Waals surface area (Å²) in [5, 5.41) is 12.3. The Kier molecular flexibility index (Phi) is 3.75. The smallest absolute Gasteiger partial charge is 0.147 e. The number of hydrogen-bond donors (Lipinski definition) is 1. The van der Waals surface area contributed by atoms with Crippen molar-refractivity contribution in [1.82, 2.24) is 15.0 Å². The van der Waals surface area contributed by atoms with Gasteiger partial charge in [-0.25, -0.2) is 9.97 Å². The Morgan fingerprint density at radius 3 is 3.17 bits per heavy atom. The molecule has 0 amide bonds. The van der Waals surface area contributed by atoms with Crippen LogP contribution in [-0.2, 0) is 4.74 Å². The summed E-state index contributed by atoms with van der Waals surface area (Å²) in [6, 6.07) is 7.69. The van der Waals surface area contributed by atoms with Crippen LogP contribution in [0.4, 0.5) is 11.6 Å². The van der Waals surface area contributed by atoms with E-state index in [2.05, 4.69) is 31.2 Å². The Hall–Kier alpha value is -2.72. The Bertz CT molecular complexity index is 761. The van der Waals surface area contributed by atoms with E-state index in [0.29, 0.717) is 12.3 Å². The van der Waals surface area contributed by atoms with Gasteiger partial charge in [-0.05, 0) is 18.6 Å². The Balaban J connectivity index is 1.40. The van der Waals surface area contributed by atoms with Crippen LogP contribution in [0.3, 0.4) is 0 Å². The Morgan fingerprint density at radius 2 is 2.33 bits per heavy atom. The highest BCUT2D eigenvalue weighted by Crippen LogP contribution is 2.37. The first kappa shape index (κ1) is 14.8. The third-order valence-corrected chi connectivity index (χ3v) is 4.61. The molecule has 2 aromatic heterocycles. The minimum Gasteiger partial charge on any atom is -0.371 e. The average Bonchev–Trinajstić information content (AvgIpc) is 3.23. The number of ether oxygens (including phenoxy) is 1. The van der Waals surface area contributed by atoms with Crippen LogP contribution in [0.15, 0.2) is 36.8 Å². The zero-order valence-electron chi connectivity index (χ0n) is 13.2. The lowest BCUT2D eigenvalue weighted by atomic mass is 9.97. The van der Waals surface area contributed by atoms with Gasteiger partial charge in [0.1, 0.15) is 23.4 Å². The molecule has 2 aliphatic rings. The van der Waals surface area contributed by atoms with Crippen molar-refractivity contribution in [1.29, 1.82) is 5.26 Å². The van der Waals surface area contributed by atoms with Crippen molar-refractivity contribution in [2.45, 2.75) is 24.5 Å². The van der Waals surface area contributed by atoms with Crippen LogP contribution in [0.1, 0.15) is 18.5 Å². The predicted octanol–water partition coefficient (Wildman–Crippen LogP) is 1.59. The number of nitriles is 1. The number of nitrogens with one attached hydrogen (secondary N) is 1. The van der Waals surface area contributed by atoms with Gasteiger partial charge in [-0.15, -0.1) is 0 Å². The van der Waals surface area contributed by atoms with Crippen LogP contribution < -0.4 is 10.2 Å². The van der Waals surface area contributed by atoms with Gasteiger partial charge >= 0.3 is 0 Å². The lowest BCUT2D eigenvalue weighted by Crippen LogP contribution is -2.34. The number of nitrogens with zero attached hydrogens (tertiary/aromatic N) is 5. The maximum atomic E-state index is 8.95. The lowest BCUT2D eigenvalue weighted by Gasteiger charge is -2.23. The van der Waals surface area contributed by atoms with Gasteiger partial charge in [0.2, 0.25) is 0 Å². The van der Waals surface area contributed by atoms with Crippen LogP contribution >= 0.6 is 0 Å². The highest BCUT2D eigenvalue weighted by Gasteiger charge is 2.46. The quantitative estimate of drug-likeness (QED) is 0.918. The fraction of sp³-hybridized carbons (Fsp3) is 0.412. The molecule has 122 valence electrons. The molecular formula is C17H18N6O. The molecule has 1 N–H and O–H groups in total. The van der Waals surface area contributed by atoms with Crippen LogP contribution in [0.5, 0.6) is 0 Å². The van der Waals surface area contributed by atoms with Crippen molar-refractivity contribution in [3.05, 3.63) is 42.5 Å². The van der Waals surface area contributed by atoms with Crippen LogP contribution in [0.2, 0.25) is 0 Å². The highest BCUT2D eigenvalue weighted by molar-refractivity contribution is 5.41. The lowest BCUT2D eigenvalue weighted by molar-refractivity contribution is 0.0228. The number of hydrogen-bond acceptors (Lipinski definition) is 7. The molecule has 1 spiro atoms. The fourth-order valence-electron chi connectivity index (χ4n) is 3.50. The van der Waals surface area contributed by atoms with Crippen molar-refractivity contribution in [2.24, 2.45) is 0 Å². The summed E-state index contributed by atoms with van der Waals surface area (Å²) in [4.78, 5) is 15.0. The summed E-state index contributed by atoms with van der Waals surface area (Å²) >= 11 is 0. The summed E-state index contributed by atoms with van der Waals surface area (Å²) in [6.45, 7) is 2.40. The molecule has 2 aromatic rings. The van der Waals surface area contributed by atoms with Gasteiger partial charge in [0.25, 0.3) is 0 Å². The van der Waals surface area contributed by atoms with E-state index >= 15 is 0 Å². The van der Waals surface area contributed by atoms with Gasteiger partial charge in [0.15, 0.2) is 0 Å². The van der Waals surface area contributed by atoms with Crippen molar-refractivity contribution in [3.8, 4) is 6.07 Å². The van der Waals surface area contributed by atoms with Crippen molar-refractivity contribution >= 4 is 11.6 Å². The minimum absolute atomic E-state index is 0.137. The molecule has 24 heavy (non-hydrogen) atoms. The minimum atomic E-state index is -0.137. The Labute approximate surface area is 140 Å². The third kappa shape index (κ3) is 2.88. The van der Waals surface area contributed by atoms with E-state index in [0.717, 1.165) is 37.6 Å². The predicted molar refractivity (Wildman–Crippen MR) is 88.5 cm³/mol. The van der Waals surface area contributed by atoms with E-state index in [4.69, 9.17) is 10.00 Å². The molecule has 0 bridgehead atoms. The molecule has 2 saturated heterocycles. The van der Waals surface area contributed by atoms with Gasteiger partial charge in [0, 0.05) is 31.9 Å². The second-order valence-corrected chi connectivity index (χ2v) is 6.29. The molecule has 0 aliphatic carbocycles. The Morgan fingerprint density at radius 1 is 1.38 bits per heavy atom. The third-order valence-electron chi connectivity index (χ3n) is 4.61. The standard InChI is InChI=1S/C17H18N6O/c18-9-13-2-1-3-15(21-13)22-14-8-17(24-11-14)4-7-23(12-17)16-10-19-5-6-20-16/h1-3,5-6,10,14H,4,7-8,11-12H2,(H,21,22)/t14-,17+/m1/s1. The molecule has 0 unspecified atom stereocenters. The van der Waals surface area contributed by atoms with E-state index < -0.39 is 0 Å². The number of pyridine rings is 1. The molecule has 2 aliphatic heterocycles. The first-order chi connectivity index (χ1) is 11.8. The summed E-state index contributed by atoms with van der Waals surface area (Å²) in [5.74, 6) is 1.63. The summed E-state index contributed by atoms with van der Waals surface area (Å²) in [6.07, 6.45) is 7.09. The monoisotopic (exact) mass is 322 g/mol. The SMILES string of the molecule is N#Cc1cccc(N[C@H]2CO[C@@]3(CCN(c4cnccn4)C3)C2)n1. The van der Waals surface area contributed by atoms with Crippen LogP contribution in [0.25, 0.3) is 0 Å². The van der Waals surface area contributed by atoms with Crippen LogP contribution in [-0.4, -0.2) is 46.3 Å². The number of aromatic nitrogens is 3. The summed E-state index contributed by atoms with van der Waals surface area (Å²) < 4.78 is 6.15. The maximum Gasteiger partial charge on any atom is 0.147 e. The zero-order valence-corrected chi connectivity index (χ0v) is 13.2. The fourth-order valence-corrected chi connectivity index (χ4v) is 3.50. The molecule has 4 rings (SSSR count). The largest absolute Gasteiger partial charge is 0.371 e. The average molecular weight is 322 g/mol. The number of anilines is 2. The molecule has 0 aromatic carbocycles. The van der Waals surface area contributed by atoms with E-state index in [1.165, 1.54) is 0 Å². The van der Waals surface area contributed by atoms with E-state index in [-0.39, 0.29) is 11.6 Å². The van der Waals surface area contributed by atoms with Crippen LogP contribution in [0, 0.1) is 11.3 Å². The van der Waals surface area contributed by atoms with Crippen molar-refractivity contribution < 1.29 is 4.74 Å². The van der Waals surface area contributed by atoms with E-state index in [1.54, 1.807) is 24.7 Å². The highest BCUT2D eigenvalue weighted by atomic mass is 16.5. The number of rotatable bonds is 3. The maximum absolute atomic E-state index is 8.95. The first-order valence-corrected chi connectivity index (χ1v) is 8.05. The molecule has 4 heterocycles. The zero-order chi connectivity index (χ0) is 16.4. The van der Waals surface area contributed by atoms with Crippen molar-refractivity contribution in [2.75, 3.05) is 29.9 Å². The molecule has 7 heteroatoms. The molecule has 7 nitrogen and oxygen atoms in total. The van der Waals surface area contributed by atoms with Crippen molar-refractivity contribution in [3.63, 3.8) is 0 Å². The topological polar surface area (TPSA) is 87.0 Å². The molecular weight excluding hydrogens is 304 g/mol. The van der Waals surface area contributed by atoms with Gasteiger partial charge < -0.3 is 15.0 Å². The molecule has 0 radical (unpaired) electrons. The second kappa shape index (κ2) is 6.06. The normalized spacial score (nSPS) is 25.8. The van der Waals surface area contributed by atoms with Gasteiger partial charge in [-0.2, -0.15) is 5.26 Å². The second-order valence-electron chi connectivity index (χ2n) is 6.29.